The third-order valence-corrected chi connectivity index (χ3v) is 5.41. The number of sulfone groups is 1. The minimum Gasteiger partial charge on any atom is -0.457 e. The van der Waals surface area contributed by atoms with Crippen LogP contribution in [-0.4, -0.2) is 46.0 Å². The molecule has 0 heterocycles. The number of allylic oxidation sites excluding steroid dienone is 1. The molecule has 1 aromatic rings. The zero-order chi connectivity index (χ0) is 22.1. The standard InChI is InChI=1S/C15H18N2O5S.C2H6O3P/c1-3-16-15(17(18)19)10-4-5-13(11-15)22-12-6-8-14(9-7-12)23(2,20)21;1-4-6(3)5-2/h4-9,11,16H,3,10H2,1-2H3;1-2H3/q;+1. The van der Waals surface area contributed by atoms with Crippen LogP contribution in [0.15, 0.2) is 53.1 Å². The number of ether oxygens (including phenoxy) is 1. The lowest BCUT2D eigenvalue weighted by atomic mass is 10.0. The van der Waals surface area contributed by atoms with Gasteiger partial charge in [0.1, 0.15) is 11.5 Å². The van der Waals surface area contributed by atoms with Gasteiger partial charge in [0, 0.05) is 15.7 Å². The average molecular weight is 447 g/mol. The Hall–Kier alpha value is -2.17. The Morgan fingerprint density at radius 1 is 1.24 bits per heavy atom. The summed E-state index contributed by atoms with van der Waals surface area (Å²) in [6.45, 7) is 2.24. The summed E-state index contributed by atoms with van der Waals surface area (Å²) in [6, 6.07) is 5.90. The zero-order valence-electron chi connectivity index (χ0n) is 16.5. The van der Waals surface area contributed by atoms with Crippen molar-refractivity contribution in [3.05, 3.63) is 58.4 Å². The largest absolute Gasteiger partial charge is 0.696 e. The second-order valence-electron chi connectivity index (χ2n) is 5.80. The quantitative estimate of drug-likeness (QED) is 0.276. The van der Waals surface area contributed by atoms with E-state index in [2.05, 4.69) is 14.4 Å². The average Bonchev–Trinajstić information content (AvgIpc) is 2.68. The lowest BCUT2D eigenvalue weighted by molar-refractivity contribution is -0.562. The highest BCUT2D eigenvalue weighted by atomic mass is 32.2. The van der Waals surface area contributed by atoms with Crippen LogP contribution >= 0.6 is 8.25 Å². The highest BCUT2D eigenvalue weighted by Crippen LogP contribution is 2.25. The summed E-state index contributed by atoms with van der Waals surface area (Å²) in [5.74, 6) is 0.741. The Morgan fingerprint density at radius 2 is 1.83 bits per heavy atom. The Labute approximate surface area is 170 Å². The summed E-state index contributed by atoms with van der Waals surface area (Å²) in [6.07, 6.45) is 6.11. The topological polar surface area (TPSA) is 134 Å². The Bertz CT molecular complexity index is 877. The molecule has 160 valence electrons. The molecule has 1 aliphatic carbocycles. The summed E-state index contributed by atoms with van der Waals surface area (Å²) in [7, 11) is -2.46. The van der Waals surface area contributed by atoms with Gasteiger partial charge < -0.3 is 4.74 Å². The van der Waals surface area contributed by atoms with Gasteiger partial charge in [-0.2, -0.15) is 0 Å². The van der Waals surface area contributed by atoms with Crippen molar-refractivity contribution >= 4 is 18.1 Å². The molecule has 1 aliphatic rings. The number of nitro groups is 1. The van der Waals surface area contributed by atoms with Crippen molar-refractivity contribution < 1.29 is 31.7 Å². The number of hydrogen-bond acceptors (Lipinski definition) is 9. The molecule has 0 radical (unpaired) electrons. The van der Waals surface area contributed by atoms with Gasteiger partial charge >= 0.3 is 13.9 Å². The van der Waals surface area contributed by atoms with Gasteiger partial charge in [0.15, 0.2) is 9.84 Å². The first-order valence-electron chi connectivity index (χ1n) is 8.40. The fourth-order valence-electron chi connectivity index (χ4n) is 2.35. The first-order valence-corrected chi connectivity index (χ1v) is 11.4. The number of nitrogens with one attached hydrogen (secondary N) is 1. The van der Waals surface area contributed by atoms with E-state index in [-0.39, 0.29) is 16.2 Å². The molecule has 0 saturated carbocycles. The van der Waals surface area contributed by atoms with Crippen molar-refractivity contribution in [2.45, 2.75) is 23.9 Å². The van der Waals surface area contributed by atoms with Crippen molar-refractivity contribution in [1.29, 1.82) is 0 Å². The molecule has 1 N–H and O–H groups in total. The summed E-state index contributed by atoms with van der Waals surface area (Å²) in [4.78, 5) is 11.2. The second-order valence-corrected chi connectivity index (χ2v) is 8.99. The van der Waals surface area contributed by atoms with E-state index in [4.69, 9.17) is 4.74 Å². The van der Waals surface area contributed by atoms with Crippen molar-refractivity contribution in [2.75, 3.05) is 27.0 Å². The minimum atomic E-state index is -3.27. The lowest BCUT2D eigenvalue weighted by Gasteiger charge is -2.24. The number of hydrogen-bond donors (Lipinski definition) is 1. The van der Waals surface area contributed by atoms with E-state index in [0.717, 1.165) is 6.26 Å². The fraction of sp³-hybridized carbons (Fsp3) is 0.412. The molecular weight excluding hydrogens is 423 g/mol. The first-order chi connectivity index (χ1) is 13.6. The maximum atomic E-state index is 11.4. The number of likely N-dealkylation sites (N-methyl/N-ethyl adjacent to an activating group) is 1. The van der Waals surface area contributed by atoms with Crippen LogP contribution in [0.1, 0.15) is 13.3 Å². The maximum absolute atomic E-state index is 11.4. The molecule has 0 aliphatic heterocycles. The number of nitrogens with zero attached hydrogens (tertiary/aromatic N) is 1. The Balaban J connectivity index is 0.000000612. The van der Waals surface area contributed by atoms with Crippen molar-refractivity contribution in [3.8, 4) is 5.75 Å². The van der Waals surface area contributed by atoms with Crippen LogP contribution in [0.5, 0.6) is 5.75 Å². The first kappa shape index (κ1) is 24.9. The molecule has 0 fully saturated rings. The van der Waals surface area contributed by atoms with Crippen LogP contribution < -0.4 is 10.1 Å². The predicted molar refractivity (Wildman–Crippen MR) is 107 cm³/mol. The molecule has 1 aromatic carbocycles. The lowest BCUT2D eigenvalue weighted by Crippen LogP contribution is -2.51. The van der Waals surface area contributed by atoms with Gasteiger partial charge in [0.2, 0.25) is 0 Å². The summed E-state index contributed by atoms with van der Waals surface area (Å²) in [5.41, 5.74) is -1.38. The molecular formula is C17H24N2O8PS+. The van der Waals surface area contributed by atoms with Gasteiger partial charge in [-0.15, -0.1) is 9.05 Å². The molecule has 29 heavy (non-hydrogen) atoms. The highest BCUT2D eigenvalue weighted by molar-refractivity contribution is 7.90. The van der Waals surface area contributed by atoms with E-state index in [1.807, 2.05) is 0 Å². The SMILES string of the molecule is CCNC1([N+](=O)[O-])C=C(Oc2ccc(S(C)(=O)=O)cc2)C=CC1.CO[P+](=O)OC. The van der Waals surface area contributed by atoms with E-state index in [9.17, 15) is 23.1 Å². The van der Waals surface area contributed by atoms with Crippen LogP contribution in [0.25, 0.3) is 0 Å². The van der Waals surface area contributed by atoms with E-state index in [1.165, 1.54) is 44.6 Å². The van der Waals surface area contributed by atoms with Gasteiger partial charge in [0.05, 0.1) is 31.6 Å². The van der Waals surface area contributed by atoms with Crippen molar-refractivity contribution in [1.82, 2.24) is 5.32 Å². The summed E-state index contributed by atoms with van der Waals surface area (Å²) in [5, 5.41) is 14.2. The molecule has 1 atom stereocenters. The van der Waals surface area contributed by atoms with Crippen LogP contribution in [0.4, 0.5) is 0 Å². The molecule has 0 saturated heterocycles. The molecule has 1 unspecified atom stereocenters. The van der Waals surface area contributed by atoms with E-state index in [0.29, 0.717) is 18.1 Å². The van der Waals surface area contributed by atoms with Crippen LogP contribution in [0, 0.1) is 10.1 Å². The maximum Gasteiger partial charge on any atom is 0.696 e. The molecule has 0 bridgehead atoms. The summed E-state index contributed by atoms with van der Waals surface area (Å²) < 4.78 is 46.7. The van der Waals surface area contributed by atoms with Crippen LogP contribution in [-0.2, 0) is 23.4 Å². The second kappa shape index (κ2) is 11.1. The smallest absolute Gasteiger partial charge is 0.457 e. The van der Waals surface area contributed by atoms with Gasteiger partial charge in [-0.3, -0.25) is 10.1 Å². The third-order valence-electron chi connectivity index (χ3n) is 3.69. The molecule has 2 rings (SSSR count). The third kappa shape index (κ3) is 7.64. The van der Waals surface area contributed by atoms with Crippen LogP contribution in [0.2, 0.25) is 0 Å². The molecule has 10 nitrogen and oxygen atoms in total. The fourth-order valence-corrected chi connectivity index (χ4v) is 3.13. The van der Waals surface area contributed by atoms with E-state index < -0.39 is 23.8 Å². The number of benzene rings is 1. The minimum absolute atomic E-state index is 0.185. The van der Waals surface area contributed by atoms with Crippen LogP contribution in [0.3, 0.4) is 0 Å². The van der Waals surface area contributed by atoms with Gasteiger partial charge in [0.25, 0.3) is 0 Å². The summed E-state index contributed by atoms with van der Waals surface area (Å²) >= 11 is 0. The van der Waals surface area contributed by atoms with Crippen molar-refractivity contribution in [2.24, 2.45) is 0 Å². The predicted octanol–water partition coefficient (Wildman–Crippen LogP) is 2.83. The Kier molecular flexibility index (Phi) is 9.54. The zero-order valence-corrected chi connectivity index (χ0v) is 18.2. The highest BCUT2D eigenvalue weighted by Gasteiger charge is 2.41. The van der Waals surface area contributed by atoms with Gasteiger partial charge in [-0.05, 0) is 36.9 Å². The molecule has 0 aromatic heterocycles. The van der Waals surface area contributed by atoms with E-state index >= 15 is 0 Å². The van der Waals surface area contributed by atoms with Crippen molar-refractivity contribution in [3.63, 3.8) is 0 Å². The normalized spacial score (nSPS) is 18.3. The van der Waals surface area contributed by atoms with Gasteiger partial charge in [-0.1, -0.05) is 13.0 Å². The molecule has 12 heteroatoms. The monoisotopic (exact) mass is 447 g/mol. The van der Waals surface area contributed by atoms with E-state index in [1.54, 1.807) is 19.1 Å². The number of rotatable bonds is 8. The molecule has 0 spiro atoms. The molecule has 0 amide bonds. The Morgan fingerprint density at radius 3 is 2.24 bits per heavy atom. The van der Waals surface area contributed by atoms with Gasteiger partial charge in [-0.25, -0.2) is 13.7 Å².